The summed E-state index contributed by atoms with van der Waals surface area (Å²) in [5, 5.41) is 15.1. The maximum atomic E-state index is 10.9. The van der Waals surface area contributed by atoms with Crippen LogP contribution in [-0.4, -0.2) is 44.5 Å². The molecule has 1 N–H and O–H groups in total. The Bertz CT molecular complexity index is 406. The quantitative estimate of drug-likeness (QED) is 0.833. The lowest BCUT2D eigenvalue weighted by Gasteiger charge is -2.44. The lowest BCUT2D eigenvalue weighted by molar-refractivity contribution is -0.0289. The third kappa shape index (κ3) is 2.91. The van der Waals surface area contributed by atoms with E-state index in [4.69, 9.17) is 0 Å². The molecule has 0 aliphatic heterocycles. The molecule has 2 rings (SSSR count). The molecule has 1 aromatic rings. The van der Waals surface area contributed by atoms with Crippen molar-refractivity contribution in [1.82, 2.24) is 14.7 Å². The number of hydrogen-bond acceptors (Lipinski definition) is 3. The molecule has 0 saturated heterocycles. The van der Waals surface area contributed by atoms with E-state index >= 15 is 0 Å². The minimum atomic E-state index is -0.236. The van der Waals surface area contributed by atoms with Crippen molar-refractivity contribution >= 4 is 0 Å². The predicted molar refractivity (Wildman–Crippen MR) is 81.7 cm³/mol. The number of rotatable bonds is 7. The first-order chi connectivity index (χ1) is 9.64. The van der Waals surface area contributed by atoms with E-state index < -0.39 is 0 Å². The molecule has 1 aromatic heterocycles. The monoisotopic (exact) mass is 279 g/mol. The van der Waals surface area contributed by atoms with Crippen molar-refractivity contribution < 1.29 is 5.11 Å². The van der Waals surface area contributed by atoms with Crippen LogP contribution in [0.4, 0.5) is 0 Å². The minimum absolute atomic E-state index is 0.0160. The van der Waals surface area contributed by atoms with E-state index in [0.717, 1.165) is 38.8 Å². The Hall–Kier alpha value is -0.870. The molecule has 1 heterocycles. The molecule has 1 unspecified atom stereocenters. The standard InChI is InChI=1S/C16H29N3O/c1-4-19(5-2)16(11-6-7-12-16)15(20)9-8-14-10-13-17-18(14)3/h10,13,15,20H,4-9,11-12H2,1-3H3. The highest BCUT2D eigenvalue weighted by molar-refractivity contribution is 5.04. The second kappa shape index (κ2) is 6.72. The highest BCUT2D eigenvalue weighted by Gasteiger charge is 2.43. The Morgan fingerprint density at radius 2 is 2.00 bits per heavy atom. The molecule has 0 bridgehead atoms. The molecule has 0 radical (unpaired) electrons. The fraction of sp³-hybridized carbons (Fsp3) is 0.812. The zero-order valence-corrected chi connectivity index (χ0v) is 13.2. The van der Waals surface area contributed by atoms with Crippen LogP contribution in [0.15, 0.2) is 12.3 Å². The van der Waals surface area contributed by atoms with Gasteiger partial charge in [-0.15, -0.1) is 0 Å². The van der Waals surface area contributed by atoms with Gasteiger partial charge in [-0.3, -0.25) is 9.58 Å². The molecule has 1 aliphatic rings. The van der Waals surface area contributed by atoms with E-state index in [2.05, 4.69) is 23.8 Å². The van der Waals surface area contributed by atoms with Crippen LogP contribution in [0.5, 0.6) is 0 Å². The number of aryl methyl sites for hydroxylation is 2. The summed E-state index contributed by atoms with van der Waals surface area (Å²) in [7, 11) is 1.97. The van der Waals surface area contributed by atoms with Crippen molar-refractivity contribution in [2.45, 2.75) is 64.0 Å². The maximum absolute atomic E-state index is 10.9. The van der Waals surface area contributed by atoms with E-state index in [0.29, 0.717) is 0 Å². The number of aliphatic hydroxyl groups is 1. The predicted octanol–water partition coefficient (Wildman–Crippen LogP) is 2.37. The van der Waals surface area contributed by atoms with Crippen LogP contribution >= 0.6 is 0 Å². The number of nitrogens with zero attached hydrogens (tertiary/aromatic N) is 3. The molecule has 114 valence electrons. The van der Waals surface area contributed by atoms with E-state index in [1.165, 1.54) is 18.5 Å². The molecule has 1 saturated carbocycles. The van der Waals surface area contributed by atoms with Gasteiger partial charge in [0.05, 0.1) is 6.10 Å². The van der Waals surface area contributed by atoms with Crippen LogP contribution in [0.1, 0.15) is 51.6 Å². The first-order valence-corrected chi connectivity index (χ1v) is 8.04. The van der Waals surface area contributed by atoms with Gasteiger partial charge in [-0.25, -0.2) is 0 Å². The summed E-state index contributed by atoms with van der Waals surface area (Å²) in [4.78, 5) is 2.48. The molecular weight excluding hydrogens is 250 g/mol. The highest BCUT2D eigenvalue weighted by atomic mass is 16.3. The molecular formula is C16H29N3O. The van der Waals surface area contributed by atoms with Gasteiger partial charge in [-0.05, 0) is 44.8 Å². The second-order valence-electron chi connectivity index (χ2n) is 5.98. The van der Waals surface area contributed by atoms with Crippen LogP contribution in [0, 0.1) is 0 Å². The molecule has 0 spiro atoms. The zero-order valence-electron chi connectivity index (χ0n) is 13.2. The zero-order chi connectivity index (χ0) is 14.6. The normalized spacial score (nSPS) is 19.6. The van der Waals surface area contributed by atoms with E-state index in [1.807, 2.05) is 24.0 Å². The molecule has 0 amide bonds. The van der Waals surface area contributed by atoms with Gasteiger partial charge >= 0.3 is 0 Å². The van der Waals surface area contributed by atoms with Crippen molar-refractivity contribution in [3.8, 4) is 0 Å². The third-order valence-electron chi connectivity index (χ3n) is 5.08. The number of aliphatic hydroxyl groups excluding tert-OH is 1. The number of hydrogen-bond donors (Lipinski definition) is 1. The molecule has 4 heteroatoms. The van der Waals surface area contributed by atoms with Gasteiger partial charge in [0.1, 0.15) is 0 Å². The first kappa shape index (κ1) is 15.5. The smallest absolute Gasteiger partial charge is 0.0727 e. The van der Waals surface area contributed by atoms with Gasteiger partial charge < -0.3 is 5.11 Å². The van der Waals surface area contributed by atoms with Crippen LogP contribution in [-0.2, 0) is 13.5 Å². The Balaban J connectivity index is 2.04. The van der Waals surface area contributed by atoms with Crippen molar-refractivity contribution in [3.63, 3.8) is 0 Å². The van der Waals surface area contributed by atoms with Gasteiger partial charge in [0, 0.05) is 24.5 Å². The van der Waals surface area contributed by atoms with Crippen LogP contribution in [0.3, 0.4) is 0 Å². The third-order valence-corrected chi connectivity index (χ3v) is 5.08. The summed E-state index contributed by atoms with van der Waals surface area (Å²) >= 11 is 0. The van der Waals surface area contributed by atoms with Crippen LogP contribution in [0.25, 0.3) is 0 Å². The van der Waals surface area contributed by atoms with Crippen molar-refractivity contribution in [2.75, 3.05) is 13.1 Å². The fourth-order valence-corrected chi connectivity index (χ4v) is 3.90. The van der Waals surface area contributed by atoms with Crippen LogP contribution in [0.2, 0.25) is 0 Å². The van der Waals surface area contributed by atoms with Gasteiger partial charge in [0.2, 0.25) is 0 Å². The lowest BCUT2D eigenvalue weighted by atomic mass is 9.85. The van der Waals surface area contributed by atoms with Crippen molar-refractivity contribution in [2.24, 2.45) is 7.05 Å². The first-order valence-electron chi connectivity index (χ1n) is 8.04. The average Bonchev–Trinajstić information content (AvgIpc) is 3.08. The summed E-state index contributed by atoms with van der Waals surface area (Å²) in [5.74, 6) is 0. The second-order valence-corrected chi connectivity index (χ2v) is 5.98. The van der Waals surface area contributed by atoms with Gasteiger partial charge in [-0.1, -0.05) is 26.7 Å². The van der Waals surface area contributed by atoms with E-state index in [9.17, 15) is 5.11 Å². The molecule has 0 aromatic carbocycles. The summed E-state index contributed by atoms with van der Waals surface area (Å²) in [5.41, 5.74) is 1.22. The van der Waals surface area contributed by atoms with E-state index in [1.54, 1.807) is 0 Å². The molecule has 1 aliphatic carbocycles. The Labute approximate surface area is 122 Å². The number of likely N-dealkylation sites (N-methyl/N-ethyl adjacent to an activating group) is 1. The topological polar surface area (TPSA) is 41.3 Å². The minimum Gasteiger partial charge on any atom is -0.391 e. The van der Waals surface area contributed by atoms with Gasteiger partial charge in [-0.2, -0.15) is 5.10 Å². The number of aromatic nitrogens is 2. The Kier molecular flexibility index (Phi) is 5.22. The SMILES string of the molecule is CCN(CC)C1(C(O)CCc2ccnn2C)CCCC1. The van der Waals surface area contributed by atoms with E-state index in [-0.39, 0.29) is 11.6 Å². The maximum Gasteiger partial charge on any atom is 0.0727 e. The van der Waals surface area contributed by atoms with Crippen molar-refractivity contribution in [3.05, 3.63) is 18.0 Å². The summed E-state index contributed by atoms with van der Waals surface area (Å²) in [6.07, 6.45) is 8.11. The van der Waals surface area contributed by atoms with Gasteiger partial charge in [0.15, 0.2) is 0 Å². The Morgan fingerprint density at radius 1 is 1.35 bits per heavy atom. The van der Waals surface area contributed by atoms with Gasteiger partial charge in [0.25, 0.3) is 0 Å². The fourth-order valence-electron chi connectivity index (χ4n) is 3.90. The molecule has 20 heavy (non-hydrogen) atoms. The summed E-state index contributed by atoms with van der Waals surface area (Å²) < 4.78 is 1.91. The lowest BCUT2D eigenvalue weighted by Crippen LogP contribution is -2.55. The molecule has 1 atom stereocenters. The van der Waals surface area contributed by atoms with Crippen molar-refractivity contribution in [1.29, 1.82) is 0 Å². The average molecular weight is 279 g/mol. The highest BCUT2D eigenvalue weighted by Crippen LogP contribution is 2.39. The Morgan fingerprint density at radius 3 is 2.50 bits per heavy atom. The molecule has 4 nitrogen and oxygen atoms in total. The largest absolute Gasteiger partial charge is 0.391 e. The summed E-state index contributed by atoms with van der Waals surface area (Å²) in [6.45, 7) is 6.47. The molecule has 1 fully saturated rings. The van der Waals surface area contributed by atoms with Crippen LogP contribution < -0.4 is 0 Å². The summed E-state index contributed by atoms with van der Waals surface area (Å²) in [6, 6.07) is 2.05.